The summed E-state index contributed by atoms with van der Waals surface area (Å²) >= 11 is 0. The number of amides is 2. The van der Waals surface area contributed by atoms with E-state index in [0.29, 0.717) is 5.69 Å². The smallest absolute Gasteiger partial charge is 0.238 e. The molecule has 1 N–H and O–H groups in total. The molecule has 6 heteroatoms. The number of hydrogen-bond acceptors (Lipinski definition) is 5. The Morgan fingerprint density at radius 3 is 2.13 bits per heavy atom. The summed E-state index contributed by atoms with van der Waals surface area (Å²) in [7, 11) is 0. The van der Waals surface area contributed by atoms with Gasteiger partial charge in [-0.05, 0) is 40.5 Å². The van der Waals surface area contributed by atoms with Gasteiger partial charge in [-0.2, -0.15) is 0 Å². The number of carbonyl (C=O) groups excluding carboxylic acids is 2. The second kappa shape index (κ2) is 6.03. The summed E-state index contributed by atoms with van der Waals surface area (Å²) in [6, 6.07) is 22.1. The summed E-state index contributed by atoms with van der Waals surface area (Å²) in [4.78, 5) is 28.7. The highest BCUT2D eigenvalue weighted by molar-refractivity contribution is 6.23. The normalized spacial score (nSPS) is 27.7. The van der Waals surface area contributed by atoms with Crippen molar-refractivity contribution in [3.8, 4) is 0 Å². The molecule has 0 spiro atoms. The zero-order chi connectivity index (χ0) is 21.5. The predicted molar refractivity (Wildman–Crippen MR) is 115 cm³/mol. The Kier molecular flexibility index (Phi) is 3.56. The Bertz CT molecular complexity index is 1220. The highest BCUT2D eigenvalue weighted by atomic mass is 16.8. The number of anilines is 2. The van der Waals surface area contributed by atoms with Crippen LogP contribution >= 0.6 is 0 Å². The van der Waals surface area contributed by atoms with Crippen molar-refractivity contribution in [1.82, 2.24) is 0 Å². The third-order valence-corrected chi connectivity index (χ3v) is 7.35. The summed E-state index contributed by atoms with van der Waals surface area (Å²) in [5.41, 5.74) is 4.02. The van der Waals surface area contributed by atoms with E-state index in [2.05, 4.69) is 31.2 Å². The predicted octanol–water partition coefficient (Wildman–Crippen LogP) is 3.95. The van der Waals surface area contributed by atoms with Crippen LogP contribution in [0.25, 0.3) is 0 Å². The molecule has 3 aromatic rings. The van der Waals surface area contributed by atoms with Crippen molar-refractivity contribution in [3.05, 3.63) is 100 Å². The minimum absolute atomic E-state index is 0.0336. The molecule has 2 bridgehead atoms. The maximum atomic E-state index is 13.8. The lowest BCUT2D eigenvalue weighted by Crippen LogP contribution is -2.51. The van der Waals surface area contributed by atoms with E-state index in [9.17, 15) is 20.0 Å². The molecule has 154 valence electrons. The third kappa shape index (κ3) is 2.13. The van der Waals surface area contributed by atoms with E-state index in [1.54, 1.807) is 12.1 Å². The molecule has 1 saturated heterocycles. The quantitative estimate of drug-likeness (QED) is 0.510. The van der Waals surface area contributed by atoms with Gasteiger partial charge in [0.1, 0.15) is 0 Å². The lowest BCUT2D eigenvalue weighted by molar-refractivity contribution is -0.123. The average molecular weight is 411 g/mol. The molecule has 0 unspecified atom stereocenters. The first-order valence-corrected chi connectivity index (χ1v) is 10.3. The second-order valence-corrected chi connectivity index (χ2v) is 8.66. The Hall–Kier alpha value is -3.48. The molecule has 6 nitrogen and oxygen atoms in total. The number of nitrogens with zero attached hydrogens (tertiary/aromatic N) is 2. The van der Waals surface area contributed by atoms with Gasteiger partial charge in [-0.1, -0.05) is 61.5 Å². The molecule has 3 aliphatic carbocycles. The summed E-state index contributed by atoms with van der Waals surface area (Å²) in [5, 5.41) is 20.4. The number of carbonyl (C=O) groups is 2. The zero-order valence-electron chi connectivity index (χ0n) is 16.7. The molecule has 2 amide bonds. The maximum absolute atomic E-state index is 13.8. The Balaban J connectivity index is 1.58. The minimum atomic E-state index is -0.632. The lowest BCUT2D eigenvalue weighted by Gasteiger charge is -2.52. The van der Waals surface area contributed by atoms with Crippen LogP contribution in [-0.4, -0.2) is 17.0 Å². The van der Waals surface area contributed by atoms with Crippen LogP contribution < -0.4 is 10.1 Å². The number of imide groups is 1. The topological polar surface area (TPSA) is 83.9 Å². The van der Waals surface area contributed by atoms with Crippen LogP contribution in [0.5, 0.6) is 0 Å². The van der Waals surface area contributed by atoms with Gasteiger partial charge >= 0.3 is 0 Å². The number of benzene rings is 3. The van der Waals surface area contributed by atoms with Crippen molar-refractivity contribution in [2.24, 2.45) is 11.8 Å². The van der Waals surface area contributed by atoms with E-state index in [1.807, 2.05) is 24.3 Å². The van der Waals surface area contributed by atoms with Crippen LogP contribution in [0.1, 0.15) is 35.1 Å². The van der Waals surface area contributed by atoms with Crippen LogP contribution in [0.4, 0.5) is 11.4 Å². The monoisotopic (exact) mass is 411 g/mol. The fraction of sp³-hybridized carbons (Fsp3) is 0.200. The van der Waals surface area contributed by atoms with Crippen LogP contribution in [-0.2, 0) is 15.0 Å². The van der Waals surface area contributed by atoms with E-state index in [4.69, 9.17) is 0 Å². The summed E-state index contributed by atoms with van der Waals surface area (Å²) < 4.78 is 0. The van der Waals surface area contributed by atoms with Crippen molar-refractivity contribution in [1.29, 1.82) is 0 Å². The van der Waals surface area contributed by atoms with Gasteiger partial charge in [0, 0.05) is 11.3 Å². The Morgan fingerprint density at radius 2 is 1.52 bits per heavy atom. The van der Waals surface area contributed by atoms with E-state index in [-0.39, 0.29) is 28.6 Å². The van der Waals surface area contributed by atoms with Gasteiger partial charge in [0.2, 0.25) is 11.8 Å². The molecule has 3 aromatic carbocycles. The molecule has 31 heavy (non-hydrogen) atoms. The van der Waals surface area contributed by atoms with Gasteiger partial charge in [-0.15, -0.1) is 0 Å². The van der Waals surface area contributed by atoms with Crippen LogP contribution in [0, 0.1) is 17.0 Å². The molecular weight excluding hydrogens is 392 g/mol. The molecule has 4 aliphatic rings. The number of hydrogen-bond donors (Lipinski definition) is 1. The van der Waals surface area contributed by atoms with E-state index in [1.165, 1.54) is 17.0 Å². The van der Waals surface area contributed by atoms with Gasteiger partial charge in [0.05, 0.1) is 23.2 Å². The van der Waals surface area contributed by atoms with Gasteiger partial charge in [0.25, 0.3) is 0 Å². The molecule has 1 fully saturated rings. The zero-order valence-corrected chi connectivity index (χ0v) is 16.7. The van der Waals surface area contributed by atoms with Crippen molar-refractivity contribution in [2.45, 2.75) is 18.3 Å². The largest absolute Gasteiger partial charge is 0.733 e. The minimum Gasteiger partial charge on any atom is -0.733 e. The first-order chi connectivity index (χ1) is 14.9. The van der Waals surface area contributed by atoms with Gasteiger partial charge in [-0.25, -0.2) is 4.90 Å². The second-order valence-electron chi connectivity index (χ2n) is 8.66. The highest BCUT2D eigenvalue weighted by Gasteiger charge is 2.66. The summed E-state index contributed by atoms with van der Waals surface area (Å²) in [6.07, 6.45) is 0. The summed E-state index contributed by atoms with van der Waals surface area (Å²) in [5.74, 6) is -1.76. The molecule has 1 heterocycles. The number of rotatable bonds is 2. The fourth-order valence-corrected chi connectivity index (χ4v) is 6.16. The van der Waals surface area contributed by atoms with Crippen molar-refractivity contribution in [3.63, 3.8) is 0 Å². The van der Waals surface area contributed by atoms with E-state index in [0.717, 1.165) is 22.3 Å². The van der Waals surface area contributed by atoms with Crippen LogP contribution in [0.15, 0.2) is 72.8 Å². The average Bonchev–Trinajstić information content (AvgIpc) is 3.06. The molecule has 0 radical (unpaired) electrons. The molecule has 0 saturated carbocycles. The molecule has 0 aromatic heterocycles. The van der Waals surface area contributed by atoms with Crippen molar-refractivity contribution < 1.29 is 14.8 Å². The summed E-state index contributed by atoms with van der Waals surface area (Å²) in [6.45, 7) is 2.07. The Morgan fingerprint density at radius 1 is 0.903 bits per heavy atom. The first-order valence-electron chi connectivity index (χ1n) is 10.3. The standard InChI is InChI=1S/C25H19N2O4/c1-25-18-11-4-2-9-16(18)20(17-10-3-5-12-19(17)25)21-22(25)24(29)26(23(21)28)14-7-6-8-15(13-14)27(30)31/h2-13,20-22,30H,1H3/q-1/t20?,21-,22-,25?/m0/s1. The SMILES string of the molecule is CC12c3ccccc3C(c3ccccc31)[C@@H]1C(=O)N(c3cccc(N([O-])O)c3)C(=O)[C@H]12. The van der Waals surface area contributed by atoms with E-state index < -0.39 is 17.3 Å². The van der Waals surface area contributed by atoms with Gasteiger partial charge in [-0.3, -0.25) is 14.8 Å². The van der Waals surface area contributed by atoms with Crippen molar-refractivity contribution in [2.75, 3.05) is 10.1 Å². The van der Waals surface area contributed by atoms with Gasteiger partial charge < -0.3 is 10.4 Å². The molecular formula is C25H19N2O4-. The molecule has 2 atom stereocenters. The lowest BCUT2D eigenvalue weighted by atomic mass is 9.48. The van der Waals surface area contributed by atoms with Crippen LogP contribution in [0.3, 0.4) is 0 Å². The van der Waals surface area contributed by atoms with Crippen LogP contribution in [0.2, 0.25) is 0 Å². The van der Waals surface area contributed by atoms with E-state index >= 15 is 0 Å². The Labute approximate surface area is 178 Å². The first kappa shape index (κ1) is 18.3. The van der Waals surface area contributed by atoms with Crippen molar-refractivity contribution >= 4 is 23.2 Å². The maximum Gasteiger partial charge on any atom is 0.238 e. The highest BCUT2D eigenvalue weighted by Crippen LogP contribution is 2.64. The molecule has 7 rings (SSSR count). The molecule has 1 aliphatic heterocycles. The fourth-order valence-electron chi connectivity index (χ4n) is 6.16. The third-order valence-electron chi connectivity index (χ3n) is 7.35. The van der Waals surface area contributed by atoms with Gasteiger partial charge in [0.15, 0.2) is 0 Å².